The SMILES string of the molecule is O=C(NCc1ccccc1)c1sc(Nc2ccncc2)nc1Br. The van der Waals surface area contributed by atoms with Gasteiger partial charge in [0.25, 0.3) is 5.91 Å². The number of rotatable bonds is 5. The Hall–Kier alpha value is -2.25. The molecule has 2 aromatic heterocycles. The molecular weight excluding hydrogens is 376 g/mol. The van der Waals surface area contributed by atoms with Crippen molar-refractivity contribution in [3.05, 3.63) is 69.9 Å². The van der Waals surface area contributed by atoms with E-state index in [4.69, 9.17) is 0 Å². The van der Waals surface area contributed by atoms with E-state index in [2.05, 4.69) is 36.5 Å². The van der Waals surface area contributed by atoms with Gasteiger partial charge in [-0.05, 0) is 33.6 Å². The second kappa shape index (κ2) is 7.34. The van der Waals surface area contributed by atoms with E-state index in [1.165, 1.54) is 11.3 Å². The zero-order chi connectivity index (χ0) is 16.1. The Bertz CT molecular complexity index is 792. The van der Waals surface area contributed by atoms with Gasteiger partial charge in [-0.1, -0.05) is 41.7 Å². The van der Waals surface area contributed by atoms with Gasteiger partial charge in [0, 0.05) is 24.6 Å². The van der Waals surface area contributed by atoms with Gasteiger partial charge in [-0.25, -0.2) is 4.98 Å². The molecule has 0 aliphatic heterocycles. The smallest absolute Gasteiger partial charge is 0.264 e. The lowest BCUT2D eigenvalue weighted by molar-refractivity contribution is 0.0954. The molecule has 0 spiro atoms. The van der Waals surface area contributed by atoms with Gasteiger partial charge in [0.15, 0.2) is 5.13 Å². The highest BCUT2D eigenvalue weighted by Crippen LogP contribution is 2.29. The lowest BCUT2D eigenvalue weighted by atomic mass is 10.2. The minimum atomic E-state index is -0.152. The normalized spacial score (nSPS) is 10.3. The van der Waals surface area contributed by atoms with Crippen molar-refractivity contribution in [2.45, 2.75) is 6.54 Å². The van der Waals surface area contributed by atoms with E-state index in [1.807, 2.05) is 42.5 Å². The lowest BCUT2D eigenvalue weighted by Crippen LogP contribution is -2.22. The average molecular weight is 389 g/mol. The Morgan fingerprint density at radius 3 is 2.61 bits per heavy atom. The van der Waals surface area contributed by atoms with E-state index in [0.29, 0.717) is 21.2 Å². The number of anilines is 2. The van der Waals surface area contributed by atoms with Crippen LogP contribution in [0.15, 0.2) is 59.5 Å². The molecule has 0 unspecified atom stereocenters. The number of aromatic nitrogens is 2. The molecule has 0 aliphatic carbocycles. The number of benzene rings is 1. The molecule has 3 rings (SSSR count). The van der Waals surface area contributed by atoms with Crippen LogP contribution in [0.3, 0.4) is 0 Å². The second-order valence-corrected chi connectivity index (χ2v) is 6.42. The number of hydrogen-bond donors (Lipinski definition) is 2. The fraction of sp³-hybridized carbons (Fsp3) is 0.0625. The first-order valence-electron chi connectivity index (χ1n) is 6.88. The number of carbonyl (C=O) groups is 1. The van der Waals surface area contributed by atoms with Crippen molar-refractivity contribution in [1.82, 2.24) is 15.3 Å². The van der Waals surface area contributed by atoms with E-state index < -0.39 is 0 Å². The van der Waals surface area contributed by atoms with Crippen LogP contribution in [0.1, 0.15) is 15.2 Å². The van der Waals surface area contributed by atoms with Crippen molar-refractivity contribution in [3.8, 4) is 0 Å². The number of carbonyl (C=O) groups excluding carboxylic acids is 1. The summed E-state index contributed by atoms with van der Waals surface area (Å²) < 4.78 is 0.532. The fourth-order valence-corrected chi connectivity index (χ4v) is 3.42. The largest absolute Gasteiger partial charge is 0.347 e. The molecule has 0 atom stereocenters. The van der Waals surface area contributed by atoms with E-state index >= 15 is 0 Å². The van der Waals surface area contributed by atoms with Crippen LogP contribution in [0, 0.1) is 0 Å². The van der Waals surface area contributed by atoms with Gasteiger partial charge < -0.3 is 10.6 Å². The number of amides is 1. The Kier molecular flexibility index (Phi) is 4.99. The molecule has 0 aliphatic rings. The van der Waals surface area contributed by atoms with Crippen LogP contribution in [0.2, 0.25) is 0 Å². The maximum Gasteiger partial charge on any atom is 0.264 e. The molecular formula is C16H13BrN4OS. The van der Waals surface area contributed by atoms with Crippen molar-refractivity contribution in [2.75, 3.05) is 5.32 Å². The molecule has 1 aromatic carbocycles. The molecule has 1 amide bonds. The van der Waals surface area contributed by atoms with E-state index in [-0.39, 0.29) is 5.91 Å². The summed E-state index contributed by atoms with van der Waals surface area (Å²) >= 11 is 4.64. The van der Waals surface area contributed by atoms with Gasteiger partial charge in [0.2, 0.25) is 0 Å². The molecule has 0 bridgehead atoms. The zero-order valence-corrected chi connectivity index (χ0v) is 14.4. The molecule has 116 valence electrons. The third-order valence-electron chi connectivity index (χ3n) is 3.02. The van der Waals surface area contributed by atoms with Gasteiger partial charge in [-0.15, -0.1) is 0 Å². The maximum atomic E-state index is 12.3. The Morgan fingerprint density at radius 1 is 1.13 bits per heavy atom. The molecule has 2 N–H and O–H groups in total. The summed E-state index contributed by atoms with van der Waals surface area (Å²) in [5.41, 5.74) is 1.93. The molecule has 0 saturated heterocycles. The molecule has 0 radical (unpaired) electrons. The number of thiazole rings is 1. The number of nitrogens with zero attached hydrogens (tertiary/aromatic N) is 2. The maximum absolute atomic E-state index is 12.3. The molecule has 2 heterocycles. The van der Waals surface area contributed by atoms with Crippen molar-refractivity contribution >= 4 is 44.0 Å². The van der Waals surface area contributed by atoms with Gasteiger partial charge in [-0.2, -0.15) is 0 Å². The van der Waals surface area contributed by atoms with E-state index in [0.717, 1.165) is 11.3 Å². The van der Waals surface area contributed by atoms with E-state index in [1.54, 1.807) is 12.4 Å². The fourth-order valence-electron chi connectivity index (χ4n) is 1.91. The van der Waals surface area contributed by atoms with Crippen molar-refractivity contribution in [1.29, 1.82) is 0 Å². The molecule has 0 saturated carbocycles. The van der Waals surface area contributed by atoms with Crippen LogP contribution in [-0.2, 0) is 6.54 Å². The van der Waals surface area contributed by atoms with Crippen LogP contribution in [0.5, 0.6) is 0 Å². The predicted molar refractivity (Wildman–Crippen MR) is 94.9 cm³/mol. The van der Waals surface area contributed by atoms with E-state index in [9.17, 15) is 4.79 Å². The first-order chi connectivity index (χ1) is 11.2. The number of nitrogens with one attached hydrogen (secondary N) is 2. The van der Waals surface area contributed by atoms with Gasteiger partial charge in [-0.3, -0.25) is 9.78 Å². The average Bonchev–Trinajstić information content (AvgIpc) is 2.95. The summed E-state index contributed by atoms with van der Waals surface area (Å²) in [6.45, 7) is 0.483. The number of pyridine rings is 1. The second-order valence-electron chi connectivity index (χ2n) is 4.67. The first-order valence-corrected chi connectivity index (χ1v) is 8.49. The lowest BCUT2D eigenvalue weighted by Gasteiger charge is -2.03. The minimum Gasteiger partial charge on any atom is -0.347 e. The summed E-state index contributed by atoms with van der Waals surface area (Å²) in [5.74, 6) is -0.152. The van der Waals surface area contributed by atoms with Crippen LogP contribution in [0.4, 0.5) is 10.8 Å². The Balaban J connectivity index is 1.67. The summed E-state index contributed by atoms with van der Waals surface area (Å²) in [6, 6.07) is 13.5. The van der Waals surface area contributed by atoms with Crippen molar-refractivity contribution in [2.24, 2.45) is 0 Å². The summed E-state index contributed by atoms with van der Waals surface area (Å²) in [4.78, 5) is 21.1. The topological polar surface area (TPSA) is 66.9 Å². The molecule has 7 heteroatoms. The molecule has 23 heavy (non-hydrogen) atoms. The highest BCUT2D eigenvalue weighted by atomic mass is 79.9. The highest BCUT2D eigenvalue weighted by molar-refractivity contribution is 9.10. The number of halogens is 1. The first kappa shape index (κ1) is 15.6. The highest BCUT2D eigenvalue weighted by Gasteiger charge is 2.16. The van der Waals surface area contributed by atoms with Crippen LogP contribution in [0.25, 0.3) is 0 Å². The third kappa shape index (κ3) is 4.14. The summed E-state index contributed by atoms with van der Waals surface area (Å²) in [7, 11) is 0. The molecule has 5 nitrogen and oxygen atoms in total. The van der Waals surface area contributed by atoms with Gasteiger partial charge in [0.05, 0.1) is 0 Å². The molecule has 3 aromatic rings. The quantitative estimate of drug-likeness (QED) is 0.693. The Morgan fingerprint density at radius 2 is 1.87 bits per heavy atom. The van der Waals surface area contributed by atoms with Gasteiger partial charge >= 0.3 is 0 Å². The summed E-state index contributed by atoms with van der Waals surface area (Å²) in [6.07, 6.45) is 3.39. The van der Waals surface area contributed by atoms with Gasteiger partial charge in [0.1, 0.15) is 9.48 Å². The van der Waals surface area contributed by atoms with Crippen LogP contribution < -0.4 is 10.6 Å². The Labute approximate surface area is 145 Å². The van der Waals surface area contributed by atoms with Crippen molar-refractivity contribution < 1.29 is 4.79 Å². The van der Waals surface area contributed by atoms with Crippen LogP contribution in [-0.4, -0.2) is 15.9 Å². The monoisotopic (exact) mass is 388 g/mol. The zero-order valence-electron chi connectivity index (χ0n) is 12.0. The standard InChI is InChI=1S/C16H13BrN4OS/c17-14-13(15(22)19-10-11-4-2-1-3-5-11)23-16(21-14)20-12-6-8-18-9-7-12/h1-9H,10H2,(H,19,22)(H,18,20,21). The predicted octanol–water partition coefficient (Wildman–Crippen LogP) is 3.97. The minimum absolute atomic E-state index is 0.152. The third-order valence-corrected chi connectivity index (χ3v) is 4.83. The molecule has 0 fully saturated rings. The number of hydrogen-bond acceptors (Lipinski definition) is 5. The summed E-state index contributed by atoms with van der Waals surface area (Å²) in [5, 5.41) is 6.69. The van der Waals surface area contributed by atoms with Crippen LogP contribution >= 0.6 is 27.3 Å². The van der Waals surface area contributed by atoms with Crippen molar-refractivity contribution in [3.63, 3.8) is 0 Å².